The molecule has 0 radical (unpaired) electrons. The van der Waals surface area contributed by atoms with Gasteiger partial charge in [-0.05, 0) is 44.5 Å². The number of benzene rings is 2. The van der Waals surface area contributed by atoms with Crippen LogP contribution >= 0.6 is 0 Å². The zero-order valence-electron chi connectivity index (χ0n) is 15.7. The summed E-state index contributed by atoms with van der Waals surface area (Å²) in [5, 5.41) is 9.67. The smallest absolute Gasteiger partial charge is 0.209 e. The van der Waals surface area contributed by atoms with E-state index < -0.39 is 6.23 Å². The maximum absolute atomic E-state index is 9.67. The Morgan fingerprint density at radius 1 is 1.04 bits per heavy atom. The van der Waals surface area contributed by atoms with Crippen molar-refractivity contribution < 1.29 is 9.68 Å². The van der Waals surface area contributed by atoms with Crippen LogP contribution in [-0.2, 0) is 5.41 Å². The van der Waals surface area contributed by atoms with Crippen molar-refractivity contribution in [1.82, 2.24) is 0 Å². The average Bonchev–Trinajstić information content (AvgIpc) is 2.80. The maximum Gasteiger partial charge on any atom is 0.209 e. The largest absolute Gasteiger partial charge is 0.374 e. The molecule has 0 saturated heterocycles. The van der Waals surface area contributed by atoms with Gasteiger partial charge >= 0.3 is 0 Å². The molecule has 3 rings (SSSR count). The molecule has 1 unspecified atom stereocenters. The normalized spacial score (nSPS) is 17.0. The SMILES string of the molecule is CC(O)N(C)c1ccc(/C=C/C2=[N+](C)c3ccccc3C2(C)C)cc1. The number of aliphatic hydroxyl groups is 1. The van der Waals surface area contributed by atoms with E-state index in [2.05, 4.69) is 74.0 Å². The Labute approximate surface area is 150 Å². The highest BCUT2D eigenvalue weighted by Crippen LogP contribution is 2.39. The van der Waals surface area contributed by atoms with Gasteiger partial charge in [-0.3, -0.25) is 0 Å². The highest BCUT2D eigenvalue weighted by Gasteiger charge is 2.42. The first-order valence-electron chi connectivity index (χ1n) is 8.72. The Morgan fingerprint density at radius 3 is 2.28 bits per heavy atom. The molecule has 1 aliphatic rings. The van der Waals surface area contributed by atoms with Gasteiger partial charge in [-0.2, -0.15) is 4.58 Å². The molecule has 3 nitrogen and oxygen atoms in total. The first-order chi connectivity index (χ1) is 11.8. The van der Waals surface area contributed by atoms with Crippen LogP contribution in [0, 0.1) is 0 Å². The van der Waals surface area contributed by atoms with Crippen LogP contribution in [0.1, 0.15) is 31.9 Å². The van der Waals surface area contributed by atoms with Crippen LogP contribution in [0.15, 0.2) is 54.6 Å². The van der Waals surface area contributed by atoms with Gasteiger partial charge in [0.25, 0.3) is 0 Å². The average molecular weight is 335 g/mol. The second kappa shape index (κ2) is 6.49. The molecule has 2 aromatic carbocycles. The highest BCUT2D eigenvalue weighted by atomic mass is 16.3. The number of allylic oxidation sites excluding steroid dienone is 1. The van der Waals surface area contributed by atoms with E-state index >= 15 is 0 Å². The second-order valence-electron chi connectivity index (χ2n) is 7.25. The van der Waals surface area contributed by atoms with Crippen molar-refractivity contribution in [3.05, 3.63) is 65.7 Å². The molecule has 0 amide bonds. The maximum atomic E-state index is 9.67. The molecule has 0 fully saturated rings. The van der Waals surface area contributed by atoms with Crippen LogP contribution in [0.4, 0.5) is 11.4 Å². The molecular formula is C22H27N2O+. The summed E-state index contributed by atoms with van der Waals surface area (Å²) in [7, 11) is 4.02. The van der Waals surface area contributed by atoms with Gasteiger partial charge in [-0.15, -0.1) is 0 Å². The van der Waals surface area contributed by atoms with Gasteiger partial charge in [-0.25, -0.2) is 0 Å². The van der Waals surface area contributed by atoms with Gasteiger partial charge in [0.05, 0.1) is 5.41 Å². The van der Waals surface area contributed by atoms with E-state index in [-0.39, 0.29) is 5.41 Å². The molecule has 0 spiro atoms. The van der Waals surface area contributed by atoms with Crippen LogP contribution in [-0.4, -0.2) is 35.7 Å². The van der Waals surface area contributed by atoms with E-state index in [4.69, 9.17) is 0 Å². The first-order valence-corrected chi connectivity index (χ1v) is 8.72. The van der Waals surface area contributed by atoms with Crippen molar-refractivity contribution in [3.8, 4) is 0 Å². The summed E-state index contributed by atoms with van der Waals surface area (Å²) < 4.78 is 2.28. The molecule has 2 aromatic rings. The van der Waals surface area contributed by atoms with Gasteiger partial charge in [0.2, 0.25) is 5.69 Å². The molecule has 0 saturated carbocycles. The summed E-state index contributed by atoms with van der Waals surface area (Å²) in [6.07, 6.45) is 3.88. The van der Waals surface area contributed by atoms with E-state index in [1.165, 1.54) is 17.0 Å². The number of anilines is 1. The summed E-state index contributed by atoms with van der Waals surface area (Å²) in [6.45, 7) is 6.31. The van der Waals surface area contributed by atoms with Crippen molar-refractivity contribution in [3.63, 3.8) is 0 Å². The first kappa shape index (κ1) is 17.4. The van der Waals surface area contributed by atoms with E-state index in [0.29, 0.717) is 0 Å². The minimum absolute atomic E-state index is 0.00563. The zero-order chi connectivity index (χ0) is 18.2. The molecule has 3 heteroatoms. The summed E-state index contributed by atoms with van der Waals surface area (Å²) in [5.41, 5.74) is 6.08. The predicted octanol–water partition coefficient (Wildman–Crippen LogP) is 4.18. The zero-order valence-corrected chi connectivity index (χ0v) is 15.7. The lowest BCUT2D eigenvalue weighted by atomic mass is 9.81. The van der Waals surface area contributed by atoms with Crippen molar-refractivity contribution in [2.24, 2.45) is 0 Å². The Kier molecular flexibility index (Phi) is 4.53. The quantitative estimate of drug-likeness (QED) is 0.670. The second-order valence-corrected chi connectivity index (χ2v) is 7.25. The van der Waals surface area contributed by atoms with Gasteiger partial charge in [-0.1, -0.05) is 30.3 Å². The Morgan fingerprint density at radius 2 is 1.68 bits per heavy atom. The van der Waals surface area contributed by atoms with E-state index in [1.54, 1.807) is 6.92 Å². The molecule has 0 aromatic heterocycles. The van der Waals surface area contributed by atoms with Crippen molar-refractivity contribution in [2.45, 2.75) is 32.4 Å². The molecule has 1 N–H and O–H groups in total. The van der Waals surface area contributed by atoms with Crippen LogP contribution in [0.25, 0.3) is 6.08 Å². The monoisotopic (exact) mass is 335 g/mol. The fraction of sp³-hybridized carbons (Fsp3) is 0.318. The lowest BCUT2D eigenvalue weighted by Gasteiger charge is -2.22. The molecular weight excluding hydrogens is 308 g/mol. The van der Waals surface area contributed by atoms with Gasteiger partial charge in [0.15, 0.2) is 5.71 Å². The number of nitrogens with zero attached hydrogens (tertiary/aromatic N) is 2. The third kappa shape index (κ3) is 3.12. The van der Waals surface area contributed by atoms with Crippen LogP contribution in [0.3, 0.4) is 0 Å². The van der Waals surface area contributed by atoms with E-state index in [0.717, 1.165) is 11.3 Å². The number of rotatable bonds is 4. The Bertz CT molecular complexity index is 829. The molecule has 0 bridgehead atoms. The standard InChI is InChI=1S/C22H27N2O/c1-16(25)23(4)18-13-10-17(11-14-18)12-15-21-22(2,3)19-8-6-7-9-20(19)24(21)5/h6-16,25H,1-5H3/q+1. The minimum Gasteiger partial charge on any atom is -0.374 e. The third-order valence-electron chi connectivity index (χ3n) is 5.23. The molecule has 0 aliphatic carbocycles. The van der Waals surface area contributed by atoms with Crippen molar-refractivity contribution in [2.75, 3.05) is 19.0 Å². The summed E-state index contributed by atoms with van der Waals surface area (Å²) in [6, 6.07) is 16.8. The lowest BCUT2D eigenvalue weighted by Crippen LogP contribution is -2.27. The predicted molar refractivity (Wildman–Crippen MR) is 106 cm³/mol. The van der Waals surface area contributed by atoms with E-state index in [1.807, 2.05) is 24.1 Å². The number of aliphatic hydroxyl groups excluding tert-OH is 1. The molecule has 1 aliphatic heterocycles. The highest BCUT2D eigenvalue weighted by molar-refractivity contribution is 6.05. The van der Waals surface area contributed by atoms with Crippen molar-refractivity contribution >= 4 is 23.2 Å². The van der Waals surface area contributed by atoms with Crippen molar-refractivity contribution in [1.29, 1.82) is 0 Å². The number of para-hydroxylation sites is 1. The number of hydrogen-bond donors (Lipinski definition) is 1. The summed E-state index contributed by atoms with van der Waals surface area (Å²) >= 11 is 0. The van der Waals surface area contributed by atoms with Crippen LogP contribution < -0.4 is 4.90 Å². The summed E-state index contributed by atoms with van der Waals surface area (Å²) in [5.74, 6) is 0. The number of hydrogen-bond acceptors (Lipinski definition) is 2. The topological polar surface area (TPSA) is 26.5 Å². The number of fused-ring (bicyclic) bond motifs is 1. The van der Waals surface area contributed by atoms with Crippen LogP contribution in [0.5, 0.6) is 0 Å². The minimum atomic E-state index is -0.497. The van der Waals surface area contributed by atoms with E-state index in [9.17, 15) is 5.11 Å². The summed E-state index contributed by atoms with van der Waals surface area (Å²) in [4.78, 5) is 1.84. The fourth-order valence-electron chi connectivity index (χ4n) is 3.51. The van der Waals surface area contributed by atoms with Gasteiger partial charge in [0, 0.05) is 30.4 Å². The Balaban J connectivity index is 1.87. The van der Waals surface area contributed by atoms with Gasteiger partial charge < -0.3 is 10.0 Å². The Hall–Kier alpha value is -2.39. The third-order valence-corrected chi connectivity index (χ3v) is 5.23. The molecule has 130 valence electrons. The lowest BCUT2D eigenvalue weighted by molar-refractivity contribution is -0.401. The molecule has 1 atom stereocenters. The fourth-order valence-corrected chi connectivity index (χ4v) is 3.51. The van der Waals surface area contributed by atoms with Gasteiger partial charge in [0.1, 0.15) is 13.3 Å². The molecule has 1 heterocycles. The molecule has 25 heavy (non-hydrogen) atoms. The van der Waals surface area contributed by atoms with Crippen LogP contribution in [0.2, 0.25) is 0 Å².